The van der Waals surface area contributed by atoms with Crippen LogP contribution in [0.4, 0.5) is 0 Å². The van der Waals surface area contributed by atoms with Crippen molar-refractivity contribution in [2.24, 2.45) is 5.41 Å². The highest BCUT2D eigenvalue weighted by molar-refractivity contribution is 7.12. The average molecular weight is 400 g/mol. The summed E-state index contributed by atoms with van der Waals surface area (Å²) in [6.45, 7) is 2.18. The predicted molar refractivity (Wildman–Crippen MR) is 108 cm³/mol. The lowest BCUT2D eigenvalue weighted by molar-refractivity contribution is -0.133. The van der Waals surface area contributed by atoms with Gasteiger partial charge in [-0.15, -0.1) is 11.3 Å². The lowest BCUT2D eigenvalue weighted by atomic mass is 9.71. The minimum Gasteiger partial charge on any atom is -0.395 e. The smallest absolute Gasteiger partial charge is 0.283 e. The van der Waals surface area contributed by atoms with E-state index in [1.165, 1.54) is 11.3 Å². The molecule has 3 atom stereocenters. The van der Waals surface area contributed by atoms with Gasteiger partial charge in [-0.1, -0.05) is 37.3 Å². The van der Waals surface area contributed by atoms with Crippen LogP contribution in [-0.4, -0.2) is 52.0 Å². The summed E-state index contributed by atoms with van der Waals surface area (Å²) in [7, 11) is 0. The van der Waals surface area contributed by atoms with Gasteiger partial charge in [0.2, 0.25) is 5.91 Å². The van der Waals surface area contributed by atoms with Crippen LogP contribution in [0.1, 0.15) is 42.4 Å². The fraction of sp³-hybridized carbons (Fsp3) is 0.476. The molecule has 0 unspecified atom stereocenters. The summed E-state index contributed by atoms with van der Waals surface area (Å²) in [6.07, 6.45) is 3.15. The lowest BCUT2D eigenvalue weighted by Crippen LogP contribution is -2.50. The van der Waals surface area contributed by atoms with Crippen molar-refractivity contribution in [2.75, 3.05) is 13.2 Å². The number of rotatable bonds is 6. The van der Waals surface area contributed by atoms with E-state index in [0.717, 1.165) is 24.1 Å². The number of aliphatic hydroxyl groups is 1. The Hall–Kier alpha value is -2.25. The second kappa shape index (κ2) is 7.64. The molecule has 2 amide bonds. The first-order chi connectivity index (χ1) is 13.6. The summed E-state index contributed by atoms with van der Waals surface area (Å²) in [4.78, 5) is 32.7. The maximum atomic E-state index is 13.3. The maximum Gasteiger partial charge on any atom is 0.283 e. The number of nitrogens with one attached hydrogen (secondary N) is 1. The molecule has 6 nitrogen and oxygen atoms in total. The molecule has 2 fully saturated rings. The fourth-order valence-corrected chi connectivity index (χ4v) is 5.61. The van der Waals surface area contributed by atoms with Gasteiger partial charge in [0.25, 0.3) is 5.91 Å². The van der Waals surface area contributed by atoms with Crippen molar-refractivity contribution in [1.29, 1.82) is 0 Å². The van der Waals surface area contributed by atoms with Crippen LogP contribution in [0.25, 0.3) is 11.3 Å². The number of benzene rings is 1. The highest BCUT2D eigenvalue weighted by Crippen LogP contribution is 2.52. The van der Waals surface area contributed by atoms with Gasteiger partial charge < -0.3 is 15.3 Å². The van der Waals surface area contributed by atoms with Crippen molar-refractivity contribution in [3.63, 3.8) is 0 Å². The minimum absolute atomic E-state index is 0.0434. The van der Waals surface area contributed by atoms with Crippen LogP contribution in [0.2, 0.25) is 0 Å². The topological polar surface area (TPSA) is 82.5 Å². The standard InChI is InChI=1S/C21H25N3O3S/c1-2-21(20(27)22-10-11-25)12-15-8-9-17(21)24(15)19(26)18-23-16(13-28-18)14-6-4-3-5-7-14/h3-7,13,15,17,25H,2,8-12H2,1H3,(H,22,27)/t15-,17+,21+/m1/s1. The molecule has 28 heavy (non-hydrogen) atoms. The number of aromatic nitrogens is 1. The molecule has 2 saturated heterocycles. The number of hydrogen-bond acceptors (Lipinski definition) is 5. The molecule has 2 aliphatic rings. The van der Waals surface area contributed by atoms with E-state index in [-0.39, 0.29) is 37.0 Å². The molecule has 4 rings (SSSR count). The van der Waals surface area contributed by atoms with Crippen molar-refractivity contribution >= 4 is 23.2 Å². The van der Waals surface area contributed by atoms with Gasteiger partial charge in [-0.05, 0) is 25.7 Å². The normalized spacial score (nSPS) is 25.9. The minimum atomic E-state index is -0.562. The second-order valence-electron chi connectivity index (χ2n) is 7.56. The molecule has 2 N–H and O–H groups in total. The van der Waals surface area contributed by atoms with Gasteiger partial charge in [0, 0.05) is 29.6 Å². The van der Waals surface area contributed by atoms with E-state index < -0.39 is 5.41 Å². The fourth-order valence-electron chi connectivity index (χ4n) is 4.84. The summed E-state index contributed by atoms with van der Waals surface area (Å²) in [5.41, 5.74) is 1.24. The highest BCUT2D eigenvalue weighted by Gasteiger charge is 2.60. The molecule has 148 valence electrons. The van der Waals surface area contributed by atoms with E-state index in [1.807, 2.05) is 47.5 Å². The van der Waals surface area contributed by atoms with Gasteiger partial charge in [0.05, 0.1) is 17.7 Å². The number of aliphatic hydroxyl groups excluding tert-OH is 1. The number of thiazole rings is 1. The Kier molecular flexibility index (Phi) is 5.21. The van der Waals surface area contributed by atoms with Crippen molar-refractivity contribution in [3.8, 4) is 11.3 Å². The molecule has 0 saturated carbocycles. The molecule has 0 radical (unpaired) electrons. The van der Waals surface area contributed by atoms with Gasteiger partial charge in [-0.25, -0.2) is 4.98 Å². The third-order valence-electron chi connectivity index (χ3n) is 6.21. The zero-order valence-electron chi connectivity index (χ0n) is 15.9. The van der Waals surface area contributed by atoms with Crippen LogP contribution in [0, 0.1) is 5.41 Å². The zero-order chi connectivity index (χ0) is 19.7. The van der Waals surface area contributed by atoms with E-state index >= 15 is 0 Å². The summed E-state index contributed by atoms with van der Waals surface area (Å²) in [5.74, 6) is -0.108. The molecule has 2 aromatic rings. The number of amides is 2. The van der Waals surface area contributed by atoms with Crippen molar-refractivity contribution in [1.82, 2.24) is 15.2 Å². The van der Waals surface area contributed by atoms with Gasteiger partial charge >= 0.3 is 0 Å². The first-order valence-corrected chi connectivity index (χ1v) is 10.7. The first-order valence-electron chi connectivity index (χ1n) is 9.83. The summed E-state index contributed by atoms with van der Waals surface area (Å²) in [6, 6.07) is 9.82. The Balaban J connectivity index is 1.57. The molecular formula is C21H25N3O3S. The van der Waals surface area contributed by atoms with Crippen molar-refractivity contribution in [2.45, 2.75) is 44.7 Å². The summed E-state index contributed by atoms with van der Waals surface area (Å²) < 4.78 is 0. The quantitative estimate of drug-likeness (QED) is 0.782. The summed E-state index contributed by atoms with van der Waals surface area (Å²) in [5, 5.41) is 14.3. The molecule has 7 heteroatoms. The predicted octanol–water partition coefficient (Wildman–Crippen LogP) is 2.69. The Bertz CT molecular complexity index is 869. The lowest BCUT2D eigenvalue weighted by Gasteiger charge is -2.35. The maximum absolute atomic E-state index is 13.3. The Morgan fingerprint density at radius 1 is 1.32 bits per heavy atom. The Morgan fingerprint density at radius 3 is 2.82 bits per heavy atom. The number of fused-ring (bicyclic) bond motifs is 2. The Morgan fingerprint density at radius 2 is 2.11 bits per heavy atom. The van der Waals surface area contributed by atoms with E-state index in [4.69, 9.17) is 5.11 Å². The highest BCUT2D eigenvalue weighted by atomic mass is 32.1. The van der Waals surface area contributed by atoms with Crippen LogP contribution in [-0.2, 0) is 4.79 Å². The summed E-state index contributed by atoms with van der Waals surface area (Å²) >= 11 is 1.37. The SMILES string of the molecule is CC[C@]1(C(=O)NCCO)C[C@H]2CC[C@@H]1N2C(=O)c1nc(-c2ccccc2)cs1. The first kappa shape index (κ1) is 19.1. The average Bonchev–Trinajstić information content (AvgIpc) is 3.45. The molecule has 2 aliphatic heterocycles. The van der Waals surface area contributed by atoms with E-state index in [9.17, 15) is 9.59 Å². The number of carbonyl (C=O) groups is 2. The van der Waals surface area contributed by atoms with Crippen LogP contribution in [0.3, 0.4) is 0 Å². The molecule has 1 aromatic heterocycles. The molecular weight excluding hydrogens is 374 g/mol. The van der Waals surface area contributed by atoms with Gasteiger partial charge in [-0.3, -0.25) is 9.59 Å². The molecule has 0 spiro atoms. The third kappa shape index (κ3) is 3.02. The van der Waals surface area contributed by atoms with Gasteiger partial charge in [0.1, 0.15) is 0 Å². The number of carbonyl (C=O) groups excluding carboxylic acids is 2. The van der Waals surface area contributed by atoms with Crippen LogP contribution in [0.5, 0.6) is 0 Å². The van der Waals surface area contributed by atoms with E-state index in [0.29, 0.717) is 17.8 Å². The molecule has 2 bridgehead atoms. The van der Waals surface area contributed by atoms with Gasteiger partial charge in [-0.2, -0.15) is 0 Å². The second-order valence-corrected chi connectivity index (χ2v) is 8.41. The van der Waals surface area contributed by atoms with Gasteiger partial charge in [0.15, 0.2) is 5.01 Å². The molecule has 0 aliphatic carbocycles. The molecule has 1 aromatic carbocycles. The third-order valence-corrected chi connectivity index (χ3v) is 7.04. The molecule has 3 heterocycles. The van der Waals surface area contributed by atoms with E-state index in [2.05, 4.69) is 10.3 Å². The van der Waals surface area contributed by atoms with Crippen LogP contribution in [0.15, 0.2) is 35.7 Å². The Labute approximate surface area is 168 Å². The monoisotopic (exact) mass is 399 g/mol. The van der Waals surface area contributed by atoms with Crippen LogP contribution < -0.4 is 5.32 Å². The van der Waals surface area contributed by atoms with Crippen molar-refractivity contribution < 1.29 is 14.7 Å². The largest absolute Gasteiger partial charge is 0.395 e. The van der Waals surface area contributed by atoms with E-state index in [1.54, 1.807) is 0 Å². The zero-order valence-corrected chi connectivity index (χ0v) is 16.7. The van der Waals surface area contributed by atoms with Crippen LogP contribution >= 0.6 is 11.3 Å². The number of nitrogens with zero attached hydrogens (tertiary/aromatic N) is 2. The number of hydrogen-bond donors (Lipinski definition) is 2. The van der Waals surface area contributed by atoms with Crippen molar-refractivity contribution in [3.05, 3.63) is 40.7 Å².